The Bertz CT molecular complexity index is 1330. The van der Waals surface area contributed by atoms with Gasteiger partial charge in [0.2, 0.25) is 0 Å². The molecule has 1 saturated heterocycles. The summed E-state index contributed by atoms with van der Waals surface area (Å²) in [5, 5.41) is 6.20. The second-order valence-corrected chi connectivity index (χ2v) is 8.95. The van der Waals surface area contributed by atoms with Crippen LogP contribution in [0.25, 0.3) is 21.6 Å². The van der Waals surface area contributed by atoms with E-state index in [-0.39, 0.29) is 11.5 Å². The highest BCUT2D eigenvalue weighted by atomic mass is 32.1. The van der Waals surface area contributed by atoms with Crippen molar-refractivity contribution in [3.8, 4) is 10.6 Å². The van der Waals surface area contributed by atoms with Gasteiger partial charge in [0.25, 0.3) is 11.5 Å². The number of hydrogen-bond acceptors (Lipinski definition) is 6. The number of rotatable bonds is 4. The van der Waals surface area contributed by atoms with Gasteiger partial charge in [0.05, 0.1) is 16.6 Å². The quantitative estimate of drug-likeness (QED) is 0.519. The molecule has 1 aromatic carbocycles. The molecular formula is C23H24N6O2S. The molecule has 0 atom stereocenters. The van der Waals surface area contributed by atoms with E-state index in [4.69, 9.17) is 4.98 Å². The summed E-state index contributed by atoms with van der Waals surface area (Å²) < 4.78 is 1.57. The van der Waals surface area contributed by atoms with Crippen LogP contribution in [0.2, 0.25) is 0 Å². The van der Waals surface area contributed by atoms with Gasteiger partial charge in [0.1, 0.15) is 5.01 Å². The topological polar surface area (TPSA) is 87.1 Å². The van der Waals surface area contributed by atoms with Crippen molar-refractivity contribution in [2.75, 3.05) is 26.2 Å². The summed E-state index contributed by atoms with van der Waals surface area (Å²) in [6.45, 7) is 5.36. The van der Waals surface area contributed by atoms with Gasteiger partial charge in [-0.1, -0.05) is 30.3 Å². The molecule has 1 N–H and O–H groups in total. The van der Waals surface area contributed by atoms with E-state index in [0.717, 1.165) is 35.9 Å². The van der Waals surface area contributed by atoms with E-state index < -0.39 is 0 Å². The molecule has 4 heterocycles. The van der Waals surface area contributed by atoms with Gasteiger partial charge in [-0.25, -0.2) is 9.97 Å². The Kier molecular flexibility index (Phi) is 5.36. The number of fused-ring (bicyclic) bond motifs is 1. The van der Waals surface area contributed by atoms with Crippen molar-refractivity contribution in [1.29, 1.82) is 0 Å². The van der Waals surface area contributed by atoms with Crippen LogP contribution in [0.5, 0.6) is 0 Å². The molecule has 0 unspecified atom stereocenters. The number of hydrogen-bond donors (Lipinski definition) is 1. The number of aromatic amines is 1. The molecule has 0 saturated carbocycles. The Morgan fingerprint density at radius 2 is 1.88 bits per heavy atom. The molecule has 32 heavy (non-hydrogen) atoms. The number of aryl methyl sites for hydroxylation is 2. The Morgan fingerprint density at radius 1 is 1.12 bits per heavy atom. The van der Waals surface area contributed by atoms with Gasteiger partial charge < -0.3 is 4.90 Å². The van der Waals surface area contributed by atoms with Gasteiger partial charge >= 0.3 is 0 Å². The first-order chi connectivity index (χ1) is 15.5. The van der Waals surface area contributed by atoms with E-state index in [9.17, 15) is 9.59 Å². The second-order valence-electron chi connectivity index (χ2n) is 8.09. The normalized spacial score (nSPS) is 14.9. The van der Waals surface area contributed by atoms with Gasteiger partial charge in [-0.05, 0) is 13.0 Å². The maximum Gasteiger partial charge on any atom is 0.274 e. The van der Waals surface area contributed by atoms with E-state index in [2.05, 4.69) is 32.5 Å². The largest absolute Gasteiger partial charge is 0.336 e. The Morgan fingerprint density at radius 3 is 2.62 bits per heavy atom. The number of benzene rings is 1. The first-order valence-electron chi connectivity index (χ1n) is 10.6. The average molecular weight is 449 g/mol. The third-order valence-electron chi connectivity index (χ3n) is 5.79. The molecular weight excluding hydrogens is 424 g/mol. The summed E-state index contributed by atoms with van der Waals surface area (Å²) in [4.78, 5) is 39.0. The monoisotopic (exact) mass is 448 g/mol. The van der Waals surface area contributed by atoms with Gasteiger partial charge in [0.15, 0.2) is 5.65 Å². The molecule has 5 rings (SSSR count). The molecule has 0 spiro atoms. The fraction of sp³-hybridized carbons (Fsp3) is 0.304. The van der Waals surface area contributed by atoms with E-state index in [1.165, 1.54) is 0 Å². The zero-order chi connectivity index (χ0) is 22.2. The molecule has 8 nitrogen and oxygen atoms in total. The van der Waals surface area contributed by atoms with Crippen molar-refractivity contribution in [3.63, 3.8) is 0 Å². The number of nitrogens with one attached hydrogen (secondary N) is 1. The first kappa shape index (κ1) is 20.6. The molecule has 1 fully saturated rings. The van der Waals surface area contributed by atoms with E-state index in [1.807, 2.05) is 30.0 Å². The van der Waals surface area contributed by atoms with Crippen molar-refractivity contribution in [2.45, 2.75) is 13.5 Å². The standard InChI is InChI=1S/C23H24N6O2S/c1-15-12-18(19-20(24-15)27(2)26-21(19)30)23(31)29-10-8-28(9-11-29)13-17-14-32-22(25-17)16-6-4-3-5-7-16/h3-7,12,14H,8-11,13H2,1-2H3,(H,26,30). The van der Waals surface area contributed by atoms with E-state index in [1.54, 1.807) is 29.1 Å². The predicted molar refractivity (Wildman–Crippen MR) is 125 cm³/mol. The number of piperazine rings is 1. The molecule has 0 bridgehead atoms. The number of carbonyl (C=O) groups excluding carboxylic acids is 1. The Balaban J connectivity index is 1.27. The second kappa shape index (κ2) is 8.33. The Hall–Kier alpha value is -3.30. The molecule has 1 aliphatic heterocycles. The molecule has 1 amide bonds. The lowest BCUT2D eigenvalue weighted by molar-refractivity contribution is 0.0629. The lowest BCUT2D eigenvalue weighted by atomic mass is 10.1. The van der Waals surface area contributed by atoms with Crippen LogP contribution in [0, 0.1) is 6.92 Å². The maximum atomic E-state index is 13.3. The lowest BCUT2D eigenvalue weighted by Crippen LogP contribution is -2.48. The van der Waals surface area contributed by atoms with Crippen LogP contribution in [-0.4, -0.2) is 61.6 Å². The Labute approximate surface area is 189 Å². The van der Waals surface area contributed by atoms with E-state index in [0.29, 0.717) is 35.4 Å². The SMILES string of the molecule is Cc1cc(C(=O)N2CCN(Cc3csc(-c4ccccc4)n3)CC2)c2c(=O)[nH]n(C)c2n1. The summed E-state index contributed by atoms with van der Waals surface area (Å²) in [5.41, 5.74) is 3.55. The fourth-order valence-electron chi connectivity index (χ4n) is 4.15. The van der Waals surface area contributed by atoms with Crippen LogP contribution in [0.15, 0.2) is 46.6 Å². The highest BCUT2D eigenvalue weighted by Crippen LogP contribution is 2.24. The zero-order valence-electron chi connectivity index (χ0n) is 18.0. The molecule has 9 heteroatoms. The summed E-state index contributed by atoms with van der Waals surface area (Å²) in [5.74, 6) is -0.114. The van der Waals surface area contributed by atoms with Crippen molar-refractivity contribution in [1.82, 2.24) is 29.5 Å². The number of amides is 1. The molecule has 0 radical (unpaired) electrons. The minimum Gasteiger partial charge on any atom is -0.336 e. The minimum atomic E-state index is -0.283. The number of aromatic nitrogens is 4. The third kappa shape index (κ3) is 3.85. The molecule has 4 aromatic rings. The highest BCUT2D eigenvalue weighted by Gasteiger charge is 2.26. The van der Waals surface area contributed by atoms with Gasteiger partial charge in [-0.3, -0.25) is 24.3 Å². The van der Waals surface area contributed by atoms with Crippen molar-refractivity contribution in [2.24, 2.45) is 7.05 Å². The zero-order valence-corrected chi connectivity index (χ0v) is 18.9. The van der Waals surface area contributed by atoms with Crippen LogP contribution in [0.4, 0.5) is 0 Å². The molecule has 1 aliphatic rings. The highest BCUT2D eigenvalue weighted by molar-refractivity contribution is 7.13. The van der Waals surface area contributed by atoms with Gasteiger partial charge in [-0.2, -0.15) is 0 Å². The minimum absolute atomic E-state index is 0.114. The van der Waals surface area contributed by atoms with Crippen molar-refractivity contribution < 1.29 is 4.79 Å². The van der Waals surface area contributed by atoms with Crippen molar-refractivity contribution >= 4 is 28.3 Å². The predicted octanol–water partition coefficient (Wildman–Crippen LogP) is 2.65. The first-order valence-corrected chi connectivity index (χ1v) is 11.5. The molecule has 164 valence electrons. The number of nitrogens with zero attached hydrogens (tertiary/aromatic N) is 5. The summed E-state index contributed by atoms with van der Waals surface area (Å²) >= 11 is 1.66. The van der Waals surface area contributed by atoms with Crippen LogP contribution in [-0.2, 0) is 13.6 Å². The molecule has 0 aliphatic carbocycles. The lowest BCUT2D eigenvalue weighted by Gasteiger charge is -2.34. The number of pyridine rings is 1. The number of H-pyrrole nitrogens is 1. The smallest absolute Gasteiger partial charge is 0.274 e. The van der Waals surface area contributed by atoms with Crippen LogP contribution in [0.3, 0.4) is 0 Å². The van der Waals surface area contributed by atoms with Crippen LogP contribution >= 0.6 is 11.3 Å². The van der Waals surface area contributed by atoms with E-state index >= 15 is 0 Å². The van der Waals surface area contributed by atoms with Crippen LogP contribution < -0.4 is 5.56 Å². The summed E-state index contributed by atoms with van der Waals surface area (Å²) in [6, 6.07) is 11.9. The van der Waals surface area contributed by atoms with Crippen LogP contribution in [0.1, 0.15) is 21.7 Å². The maximum absolute atomic E-state index is 13.3. The number of carbonyl (C=O) groups is 1. The molecule has 3 aromatic heterocycles. The van der Waals surface area contributed by atoms with Crippen molar-refractivity contribution in [3.05, 3.63) is 69.1 Å². The average Bonchev–Trinajstić information content (AvgIpc) is 3.38. The summed E-state index contributed by atoms with van der Waals surface area (Å²) in [7, 11) is 1.73. The number of thiazole rings is 1. The van der Waals surface area contributed by atoms with Gasteiger partial charge in [-0.15, -0.1) is 11.3 Å². The van der Waals surface area contributed by atoms with Gasteiger partial charge in [0, 0.05) is 56.4 Å². The summed E-state index contributed by atoms with van der Waals surface area (Å²) in [6.07, 6.45) is 0. The fourth-order valence-corrected chi connectivity index (χ4v) is 4.97. The third-order valence-corrected chi connectivity index (χ3v) is 6.73.